The molecule has 6 rings (SSSR count). The lowest BCUT2D eigenvalue weighted by Gasteiger charge is -2.39. The number of ether oxygens (including phenoxy) is 1. The van der Waals surface area contributed by atoms with Crippen molar-refractivity contribution in [3.05, 3.63) is 69.1 Å². The predicted octanol–water partition coefficient (Wildman–Crippen LogP) is 4.08. The van der Waals surface area contributed by atoms with E-state index in [2.05, 4.69) is 21.3 Å². The van der Waals surface area contributed by atoms with E-state index < -0.39 is 12.2 Å². The lowest BCUT2D eigenvalue weighted by Crippen LogP contribution is -2.49. The summed E-state index contributed by atoms with van der Waals surface area (Å²) in [6.45, 7) is 4.09. The van der Waals surface area contributed by atoms with Crippen molar-refractivity contribution in [3.63, 3.8) is 0 Å². The molecule has 2 aromatic carbocycles. The predicted molar refractivity (Wildman–Crippen MR) is 181 cm³/mol. The van der Waals surface area contributed by atoms with Crippen LogP contribution in [0.5, 0.6) is 0 Å². The van der Waals surface area contributed by atoms with E-state index in [4.69, 9.17) is 28.5 Å². The molecule has 1 atom stereocenters. The monoisotopic (exact) mass is 659 g/mol. The van der Waals surface area contributed by atoms with Crippen molar-refractivity contribution in [2.45, 2.75) is 57.1 Å². The van der Waals surface area contributed by atoms with E-state index in [9.17, 15) is 14.4 Å². The summed E-state index contributed by atoms with van der Waals surface area (Å²) in [5.41, 5.74) is 7.98. The van der Waals surface area contributed by atoms with Gasteiger partial charge in [0.25, 0.3) is 5.91 Å². The molecule has 0 unspecified atom stereocenters. The van der Waals surface area contributed by atoms with Crippen molar-refractivity contribution in [1.29, 1.82) is 0 Å². The number of nitrogen functional groups attached to an aromatic ring is 1. The number of nitrogens with two attached hydrogens (primary N) is 1. The molecule has 0 bridgehead atoms. The zero-order chi connectivity index (χ0) is 32.9. The molecule has 4 heterocycles. The van der Waals surface area contributed by atoms with Gasteiger partial charge >= 0.3 is 11.8 Å². The average molecular weight is 660 g/mol. The van der Waals surface area contributed by atoms with Gasteiger partial charge in [-0.2, -0.15) is 0 Å². The van der Waals surface area contributed by atoms with Gasteiger partial charge in [0, 0.05) is 43.7 Å². The number of anilines is 1. The Morgan fingerprint density at radius 1 is 1.00 bits per heavy atom. The number of terminal acetylenes is 1. The Bertz CT molecular complexity index is 1660. The number of likely N-dealkylation sites (tertiary alicyclic amines) is 2. The van der Waals surface area contributed by atoms with Gasteiger partial charge in [-0.3, -0.25) is 9.78 Å². The highest BCUT2D eigenvalue weighted by Gasteiger charge is 2.35. The third-order valence-corrected chi connectivity index (χ3v) is 10.3. The van der Waals surface area contributed by atoms with Crippen molar-refractivity contribution >= 4 is 29.3 Å². The van der Waals surface area contributed by atoms with E-state index in [1.807, 2.05) is 35.2 Å². The number of nitrogens with one attached hydrogen (secondary N) is 2. The molecule has 0 aliphatic carbocycles. The number of halogens is 1. The number of hydrogen-bond donors (Lipinski definition) is 3. The van der Waals surface area contributed by atoms with Crippen LogP contribution in [0.25, 0.3) is 11.4 Å². The van der Waals surface area contributed by atoms with Crippen LogP contribution in [0.2, 0.25) is 5.02 Å². The van der Waals surface area contributed by atoms with Gasteiger partial charge in [0.2, 0.25) is 0 Å². The molecule has 3 fully saturated rings. The largest absolute Gasteiger partial charge is 0.436 e. The standard InChI is InChI=1S/C35H42ClN7O4/c1-2-24-20-23(21-29(36)31(24)37)22-30(33(44)41-16-10-26(11-17-41)25-8-14-38-15-9-25)47-35(46)42-18-12-28(13-19-42)43-34(45)39-32(40-43)27-6-4-3-5-7-27/h1,3-7,20-21,25-26,28,30,38H,8-19,22,37H2,(H,39,40,45)/t30-/m1/s1. The lowest BCUT2D eigenvalue weighted by atomic mass is 9.79. The first kappa shape index (κ1) is 32.7. The summed E-state index contributed by atoms with van der Waals surface area (Å²) in [5, 5.41) is 8.26. The number of piperidine rings is 3. The van der Waals surface area contributed by atoms with Gasteiger partial charge < -0.3 is 25.6 Å². The van der Waals surface area contributed by atoms with Crippen LogP contribution >= 0.6 is 11.6 Å². The highest BCUT2D eigenvalue weighted by molar-refractivity contribution is 6.33. The van der Waals surface area contributed by atoms with Crippen molar-refractivity contribution < 1.29 is 14.3 Å². The normalized spacial score (nSPS) is 18.9. The number of nitrogens with zero attached hydrogens (tertiary/aromatic N) is 4. The Balaban J connectivity index is 1.12. The van der Waals surface area contributed by atoms with E-state index in [-0.39, 0.29) is 24.1 Å². The number of benzene rings is 2. The lowest BCUT2D eigenvalue weighted by molar-refractivity contribution is -0.142. The van der Waals surface area contributed by atoms with Crippen molar-refractivity contribution in [2.75, 3.05) is 45.0 Å². The summed E-state index contributed by atoms with van der Waals surface area (Å²) in [4.78, 5) is 46.5. The number of rotatable bonds is 7. The van der Waals surface area contributed by atoms with Gasteiger partial charge in [-0.05, 0) is 81.1 Å². The second kappa shape index (κ2) is 14.7. The van der Waals surface area contributed by atoms with E-state index >= 15 is 0 Å². The van der Waals surface area contributed by atoms with Gasteiger partial charge in [-0.1, -0.05) is 47.9 Å². The first-order chi connectivity index (χ1) is 22.8. The number of aromatic amines is 1. The summed E-state index contributed by atoms with van der Waals surface area (Å²) in [5.74, 6) is 4.12. The van der Waals surface area contributed by atoms with Crippen LogP contribution in [0.3, 0.4) is 0 Å². The zero-order valence-corrected chi connectivity index (χ0v) is 27.3. The molecule has 0 saturated carbocycles. The Hall–Kier alpha value is -4.27. The maximum absolute atomic E-state index is 14.0. The zero-order valence-electron chi connectivity index (χ0n) is 26.5. The molecule has 47 heavy (non-hydrogen) atoms. The average Bonchev–Trinajstić information content (AvgIpc) is 3.51. The van der Waals surface area contributed by atoms with Crippen LogP contribution in [-0.4, -0.2) is 81.9 Å². The van der Waals surface area contributed by atoms with Crippen LogP contribution in [-0.2, 0) is 16.0 Å². The van der Waals surface area contributed by atoms with E-state index in [0.29, 0.717) is 78.5 Å². The maximum atomic E-state index is 14.0. The number of carbonyl (C=O) groups is 2. The Morgan fingerprint density at radius 3 is 2.34 bits per heavy atom. The molecular weight excluding hydrogens is 618 g/mol. The molecule has 0 spiro atoms. The molecule has 4 N–H and O–H groups in total. The van der Waals surface area contributed by atoms with E-state index in [1.165, 1.54) is 17.5 Å². The van der Waals surface area contributed by atoms with E-state index in [1.54, 1.807) is 17.0 Å². The minimum Gasteiger partial charge on any atom is -0.436 e. The summed E-state index contributed by atoms with van der Waals surface area (Å²) < 4.78 is 7.46. The van der Waals surface area contributed by atoms with Crippen molar-refractivity contribution in [1.82, 2.24) is 29.9 Å². The van der Waals surface area contributed by atoms with Gasteiger partial charge in [0.05, 0.1) is 16.8 Å². The third kappa shape index (κ3) is 7.50. The summed E-state index contributed by atoms with van der Waals surface area (Å²) in [6.07, 6.45) is 9.44. The summed E-state index contributed by atoms with van der Waals surface area (Å²) >= 11 is 6.37. The number of carbonyl (C=O) groups excluding carboxylic acids is 2. The number of H-pyrrole nitrogens is 1. The van der Waals surface area contributed by atoms with Gasteiger partial charge in [0.15, 0.2) is 11.9 Å². The van der Waals surface area contributed by atoms with Crippen LogP contribution in [0.15, 0.2) is 47.3 Å². The minimum absolute atomic E-state index is 0.120. The van der Waals surface area contributed by atoms with Gasteiger partial charge in [-0.15, -0.1) is 11.5 Å². The molecule has 3 saturated heterocycles. The molecule has 2 amide bonds. The molecule has 248 valence electrons. The second-order valence-corrected chi connectivity index (χ2v) is 13.2. The quantitative estimate of drug-likeness (QED) is 0.257. The Labute approximate surface area is 279 Å². The topological polar surface area (TPSA) is 139 Å². The van der Waals surface area contributed by atoms with Gasteiger partial charge in [0.1, 0.15) is 0 Å². The molecule has 3 aromatic rings. The highest BCUT2D eigenvalue weighted by atomic mass is 35.5. The first-order valence-electron chi connectivity index (χ1n) is 16.5. The second-order valence-electron chi connectivity index (χ2n) is 12.8. The minimum atomic E-state index is -1.05. The smallest absolute Gasteiger partial charge is 0.410 e. The molecule has 3 aliphatic rings. The number of aromatic nitrogens is 3. The van der Waals surface area contributed by atoms with E-state index in [0.717, 1.165) is 31.5 Å². The Kier molecular flexibility index (Phi) is 10.2. The SMILES string of the molecule is C#Cc1cc(C[C@@H](OC(=O)N2CCC(n3nc(-c4ccccc4)[nH]c3=O)CC2)C(=O)N2CCC(C3CCNCC3)CC2)cc(Cl)c1N. The molecule has 12 heteroatoms. The summed E-state index contributed by atoms with van der Waals surface area (Å²) in [7, 11) is 0. The van der Waals surface area contributed by atoms with Crippen LogP contribution < -0.4 is 16.7 Å². The molecule has 0 radical (unpaired) electrons. The van der Waals surface area contributed by atoms with Crippen molar-refractivity contribution in [3.8, 4) is 23.7 Å². The third-order valence-electron chi connectivity index (χ3n) is 9.94. The number of hydrogen-bond acceptors (Lipinski definition) is 7. The fraction of sp³-hybridized carbons (Fsp3) is 0.486. The van der Waals surface area contributed by atoms with Crippen LogP contribution in [0, 0.1) is 24.2 Å². The van der Waals surface area contributed by atoms with Crippen molar-refractivity contribution in [2.24, 2.45) is 11.8 Å². The van der Waals surface area contributed by atoms with Crippen LogP contribution in [0.4, 0.5) is 10.5 Å². The Morgan fingerprint density at radius 2 is 1.66 bits per heavy atom. The molecule has 3 aliphatic heterocycles. The number of amides is 2. The first-order valence-corrected chi connectivity index (χ1v) is 16.9. The highest BCUT2D eigenvalue weighted by Crippen LogP contribution is 2.32. The molecular formula is C35H42ClN7O4. The molecule has 11 nitrogen and oxygen atoms in total. The summed E-state index contributed by atoms with van der Waals surface area (Å²) in [6, 6.07) is 12.7. The maximum Gasteiger partial charge on any atom is 0.410 e. The fourth-order valence-electron chi connectivity index (χ4n) is 7.21. The molecule has 1 aromatic heterocycles. The fourth-order valence-corrected chi connectivity index (χ4v) is 7.46. The van der Waals surface area contributed by atoms with Gasteiger partial charge in [-0.25, -0.2) is 14.3 Å². The van der Waals surface area contributed by atoms with Crippen LogP contribution in [0.1, 0.15) is 55.7 Å².